The number of hydrogen-bond acceptors (Lipinski definition) is 5. The predicted molar refractivity (Wildman–Crippen MR) is 71.0 cm³/mol. The number of carbonyl (C=O) groups is 1. The lowest BCUT2D eigenvalue weighted by Crippen LogP contribution is -2.19. The van der Waals surface area contributed by atoms with Gasteiger partial charge in [-0.3, -0.25) is 14.1 Å². The van der Waals surface area contributed by atoms with E-state index < -0.39 is 28.2 Å². The lowest BCUT2D eigenvalue weighted by Gasteiger charge is -2.07. The number of hydrogen-bond donors (Lipinski definition) is 2. The SMILES string of the molecule is O=C(O)CCS(=O)(=O)Nc1ccc(-n2ccnc2)nc1. The molecule has 0 aliphatic heterocycles. The minimum Gasteiger partial charge on any atom is -0.481 e. The van der Waals surface area contributed by atoms with Crippen LogP contribution in [0.25, 0.3) is 5.82 Å². The Morgan fingerprint density at radius 3 is 2.75 bits per heavy atom. The second-order valence-corrected chi connectivity index (χ2v) is 5.78. The first kappa shape index (κ1) is 14.0. The Morgan fingerprint density at radius 2 is 2.20 bits per heavy atom. The number of sulfonamides is 1. The zero-order valence-corrected chi connectivity index (χ0v) is 11.1. The standard InChI is InChI=1S/C11H12N4O4S/c16-11(17)3-6-20(18,19)14-9-1-2-10(13-7-9)15-5-4-12-8-15/h1-2,4-5,7-8,14H,3,6H2,(H,16,17). The lowest BCUT2D eigenvalue weighted by molar-refractivity contribution is -0.136. The Balaban J connectivity index is 2.05. The number of imidazole rings is 1. The number of rotatable bonds is 6. The largest absolute Gasteiger partial charge is 0.481 e. The van der Waals surface area contributed by atoms with Crippen LogP contribution in [0.2, 0.25) is 0 Å². The summed E-state index contributed by atoms with van der Waals surface area (Å²) in [5.74, 6) is -1.05. The number of anilines is 1. The van der Waals surface area contributed by atoms with E-state index in [1.165, 1.54) is 6.20 Å². The second kappa shape index (κ2) is 5.70. The molecule has 2 aromatic rings. The molecule has 0 spiro atoms. The normalized spacial score (nSPS) is 11.2. The van der Waals surface area contributed by atoms with Crippen molar-refractivity contribution in [2.75, 3.05) is 10.5 Å². The van der Waals surface area contributed by atoms with Crippen molar-refractivity contribution in [1.29, 1.82) is 0 Å². The zero-order chi connectivity index (χ0) is 14.6. The van der Waals surface area contributed by atoms with Gasteiger partial charge in [-0.15, -0.1) is 0 Å². The number of pyridine rings is 1. The van der Waals surface area contributed by atoms with Gasteiger partial charge < -0.3 is 5.11 Å². The highest BCUT2D eigenvalue weighted by molar-refractivity contribution is 7.92. The predicted octanol–water partition coefficient (Wildman–Crippen LogP) is 0.484. The minimum absolute atomic E-state index is 0.277. The number of nitrogens with one attached hydrogen (secondary N) is 1. The van der Waals surface area contributed by atoms with Crippen molar-refractivity contribution in [2.45, 2.75) is 6.42 Å². The summed E-state index contributed by atoms with van der Waals surface area (Å²) < 4.78 is 27.1. The molecule has 2 heterocycles. The van der Waals surface area contributed by atoms with Gasteiger partial charge in [0.2, 0.25) is 10.0 Å². The van der Waals surface area contributed by atoms with Crippen LogP contribution in [0.4, 0.5) is 5.69 Å². The highest BCUT2D eigenvalue weighted by Gasteiger charge is 2.13. The van der Waals surface area contributed by atoms with Crippen molar-refractivity contribution >= 4 is 21.7 Å². The first-order valence-electron chi connectivity index (χ1n) is 5.63. The molecule has 0 fully saturated rings. The summed E-state index contributed by atoms with van der Waals surface area (Å²) in [7, 11) is -3.69. The van der Waals surface area contributed by atoms with E-state index in [1.54, 1.807) is 35.4 Å². The molecule has 9 heteroatoms. The van der Waals surface area contributed by atoms with Gasteiger partial charge in [-0.2, -0.15) is 0 Å². The number of carboxylic acid groups (broad SMARTS) is 1. The fourth-order valence-electron chi connectivity index (χ4n) is 1.45. The van der Waals surface area contributed by atoms with E-state index in [2.05, 4.69) is 14.7 Å². The van der Waals surface area contributed by atoms with Gasteiger partial charge in [0, 0.05) is 12.4 Å². The van der Waals surface area contributed by atoms with Gasteiger partial charge in [-0.05, 0) is 12.1 Å². The van der Waals surface area contributed by atoms with Crippen molar-refractivity contribution in [2.24, 2.45) is 0 Å². The van der Waals surface area contributed by atoms with Crippen LogP contribution in [0.3, 0.4) is 0 Å². The van der Waals surface area contributed by atoms with E-state index >= 15 is 0 Å². The smallest absolute Gasteiger partial charge is 0.304 e. The average Bonchev–Trinajstić information content (AvgIpc) is 2.91. The highest BCUT2D eigenvalue weighted by atomic mass is 32.2. The van der Waals surface area contributed by atoms with Crippen LogP contribution < -0.4 is 4.72 Å². The Labute approximate surface area is 115 Å². The minimum atomic E-state index is -3.69. The molecule has 0 saturated carbocycles. The maximum absolute atomic E-state index is 11.6. The number of carboxylic acids is 1. The molecule has 2 rings (SSSR count). The lowest BCUT2D eigenvalue weighted by atomic mass is 10.4. The summed E-state index contributed by atoms with van der Waals surface area (Å²) >= 11 is 0. The molecule has 0 aliphatic rings. The van der Waals surface area contributed by atoms with E-state index in [-0.39, 0.29) is 5.69 Å². The topological polar surface area (TPSA) is 114 Å². The average molecular weight is 296 g/mol. The molecule has 2 aromatic heterocycles. The van der Waals surface area contributed by atoms with Gasteiger partial charge in [0.1, 0.15) is 12.1 Å². The van der Waals surface area contributed by atoms with E-state index in [9.17, 15) is 13.2 Å². The van der Waals surface area contributed by atoms with Gasteiger partial charge in [-0.25, -0.2) is 18.4 Å². The van der Waals surface area contributed by atoms with Crippen molar-refractivity contribution in [3.05, 3.63) is 37.1 Å². The molecule has 20 heavy (non-hydrogen) atoms. The molecule has 2 N–H and O–H groups in total. The maximum Gasteiger partial charge on any atom is 0.304 e. The van der Waals surface area contributed by atoms with E-state index in [0.717, 1.165) is 0 Å². The van der Waals surface area contributed by atoms with Gasteiger partial charge in [0.15, 0.2) is 0 Å². The molecule has 8 nitrogen and oxygen atoms in total. The van der Waals surface area contributed by atoms with Crippen LogP contribution >= 0.6 is 0 Å². The monoisotopic (exact) mass is 296 g/mol. The van der Waals surface area contributed by atoms with E-state index in [0.29, 0.717) is 5.82 Å². The van der Waals surface area contributed by atoms with E-state index in [4.69, 9.17) is 5.11 Å². The van der Waals surface area contributed by atoms with Gasteiger partial charge in [-0.1, -0.05) is 0 Å². The summed E-state index contributed by atoms with van der Waals surface area (Å²) in [5.41, 5.74) is 0.277. The summed E-state index contributed by atoms with van der Waals surface area (Å²) in [6, 6.07) is 3.16. The summed E-state index contributed by atoms with van der Waals surface area (Å²) in [4.78, 5) is 18.3. The molecule has 0 aromatic carbocycles. The summed E-state index contributed by atoms with van der Waals surface area (Å²) in [6.45, 7) is 0. The zero-order valence-electron chi connectivity index (χ0n) is 10.3. The molecular formula is C11H12N4O4S. The second-order valence-electron chi connectivity index (χ2n) is 3.94. The van der Waals surface area contributed by atoms with Crippen molar-refractivity contribution < 1.29 is 18.3 Å². The fraction of sp³-hybridized carbons (Fsp3) is 0.182. The molecule has 0 radical (unpaired) electrons. The molecule has 0 amide bonds. The number of aromatic nitrogens is 3. The van der Waals surface area contributed by atoms with Crippen molar-refractivity contribution in [3.63, 3.8) is 0 Å². The van der Waals surface area contributed by atoms with Crippen LogP contribution in [-0.4, -0.2) is 39.8 Å². The van der Waals surface area contributed by atoms with Gasteiger partial charge in [0.05, 0.1) is 24.1 Å². The highest BCUT2D eigenvalue weighted by Crippen LogP contribution is 2.11. The fourth-order valence-corrected chi connectivity index (χ4v) is 2.47. The Morgan fingerprint density at radius 1 is 1.40 bits per heavy atom. The molecular weight excluding hydrogens is 284 g/mol. The molecule has 0 saturated heterocycles. The van der Waals surface area contributed by atoms with Crippen molar-refractivity contribution in [3.8, 4) is 5.82 Å². The Hall–Kier alpha value is -2.42. The van der Waals surface area contributed by atoms with Crippen molar-refractivity contribution in [1.82, 2.24) is 14.5 Å². The molecule has 0 unspecified atom stereocenters. The summed E-state index contributed by atoms with van der Waals surface area (Å²) in [6.07, 6.45) is 5.78. The Kier molecular flexibility index (Phi) is 3.99. The molecule has 0 bridgehead atoms. The first-order chi connectivity index (χ1) is 9.46. The van der Waals surface area contributed by atoms with Crippen LogP contribution in [0, 0.1) is 0 Å². The molecule has 106 valence electrons. The maximum atomic E-state index is 11.6. The summed E-state index contributed by atoms with van der Waals surface area (Å²) in [5, 5.41) is 8.47. The molecule has 0 atom stereocenters. The molecule has 0 aliphatic carbocycles. The van der Waals surface area contributed by atoms with Gasteiger partial charge >= 0.3 is 5.97 Å². The van der Waals surface area contributed by atoms with Crippen LogP contribution in [0.5, 0.6) is 0 Å². The number of nitrogens with zero attached hydrogens (tertiary/aromatic N) is 3. The number of aliphatic carboxylic acids is 1. The van der Waals surface area contributed by atoms with Crippen LogP contribution in [0.15, 0.2) is 37.1 Å². The van der Waals surface area contributed by atoms with Crippen LogP contribution in [-0.2, 0) is 14.8 Å². The quantitative estimate of drug-likeness (QED) is 0.801. The van der Waals surface area contributed by atoms with E-state index in [1.807, 2.05) is 0 Å². The third kappa shape index (κ3) is 3.79. The third-order valence-corrected chi connectivity index (χ3v) is 3.66. The first-order valence-corrected chi connectivity index (χ1v) is 7.28. The van der Waals surface area contributed by atoms with Gasteiger partial charge in [0.25, 0.3) is 0 Å². The Bertz CT molecular complexity index is 680. The third-order valence-electron chi connectivity index (χ3n) is 2.37. The van der Waals surface area contributed by atoms with Crippen LogP contribution in [0.1, 0.15) is 6.42 Å².